The summed E-state index contributed by atoms with van der Waals surface area (Å²) in [5.41, 5.74) is 1.68. The quantitative estimate of drug-likeness (QED) is 0.541. The Labute approximate surface area is 146 Å². The molecule has 0 aliphatic heterocycles. The van der Waals surface area contributed by atoms with E-state index in [1.807, 2.05) is 0 Å². The van der Waals surface area contributed by atoms with Crippen molar-refractivity contribution in [3.63, 3.8) is 0 Å². The molecule has 1 nitrogen and oxygen atoms in total. The second-order valence-corrected chi connectivity index (χ2v) is 13.0. The van der Waals surface area contributed by atoms with E-state index in [9.17, 15) is 0 Å². The van der Waals surface area contributed by atoms with Gasteiger partial charge in [0.05, 0.1) is 6.61 Å². The zero-order valence-electron chi connectivity index (χ0n) is 14.8. The van der Waals surface area contributed by atoms with E-state index >= 15 is 0 Å². The van der Waals surface area contributed by atoms with Gasteiger partial charge in [-0.2, -0.15) is 0 Å². The molecule has 1 saturated carbocycles. The first-order valence-electron chi connectivity index (χ1n) is 8.67. The van der Waals surface area contributed by atoms with Crippen LogP contribution < -0.4 is 4.74 Å². The Morgan fingerprint density at radius 2 is 1.82 bits per heavy atom. The fourth-order valence-electron chi connectivity index (χ4n) is 3.13. The van der Waals surface area contributed by atoms with Crippen LogP contribution in [0, 0.1) is 0 Å². The van der Waals surface area contributed by atoms with Crippen LogP contribution in [0.25, 0.3) is 0 Å². The molecule has 0 saturated heterocycles. The molecule has 124 valence electrons. The smallest absolute Gasteiger partial charge is 0.123 e. The molecular formula is C19H31BrOSi. The number of hydrogen-bond acceptors (Lipinski definition) is 1. The number of rotatable bonds is 5. The largest absolute Gasteiger partial charge is 0.493 e. The van der Waals surface area contributed by atoms with Crippen molar-refractivity contribution in [3.05, 3.63) is 28.2 Å². The number of ether oxygens (including phenoxy) is 1. The van der Waals surface area contributed by atoms with Crippen molar-refractivity contribution >= 4 is 24.7 Å². The van der Waals surface area contributed by atoms with Gasteiger partial charge in [-0.15, -0.1) is 0 Å². The van der Waals surface area contributed by atoms with Crippen molar-refractivity contribution < 1.29 is 4.74 Å². The SMILES string of the molecule is C[SiH](C)C(C)(C)COc1ccc(Br)cc1C1(C)CCCCC1. The lowest BCUT2D eigenvalue weighted by atomic mass is 9.71. The molecule has 0 bridgehead atoms. The molecule has 0 N–H and O–H groups in total. The minimum Gasteiger partial charge on any atom is -0.493 e. The van der Waals surface area contributed by atoms with E-state index in [0.717, 1.165) is 12.4 Å². The van der Waals surface area contributed by atoms with Crippen molar-refractivity contribution in [2.24, 2.45) is 0 Å². The number of hydrogen-bond donors (Lipinski definition) is 0. The number of benzene rings is 1. The van der Waals surface area contributed by atoms with Gasteiger partial charge in [0, 0.05) is 18.8 Å². The van der Waals surface area contributed by atoms with Gasteiger partial charge in [0.25, 0.3) is 0 Å². The molecule has 3 heteroatoms. The van der Waals surface area contributed by atoms with E-state index < -0.39 is 8.80 Å². The summed E-state index contributed by atoms with van der Waals surface area (Å²) < 4.78 is 7.52. The van der Waals surface area contributed by atoms with Crippen molar-refractivity contribution in [2.75, 3.05) is 6.61 Å². The highest BCUT2D eigenvalue weighted by Crippen LogP contribution is 2.44. The van der Waals surface area contributed by atoms with Crippen molar-refractivity contribution in [3.8, 4) is 5.75 Å². The Bertz CT molecular complexity index is 504. The fourth-order valence-corrected chi connectivity index (χ4v) is 3.91. The van der Waals surface area contributed by atoms with Crippen molar-refractivity contribution in [1.29, 1.82) is 0 Å². The van der Waals surface area contributed by atoms with Crippen LogP contribution in [0.3, 0.4) is 0 Å². The Morgan fingerprint density at radius 1 is 1.18 bits per heavy atom. The molecule has 2 rings (SSSR count). The van der Waals surface area contributed by atoms with Crippen LogP contribution in [0.5, 0.6) is 5.75 Å². The normalized spacial score (nSPS) is 18.5. The maximum absolute atomic E-state index is 6.35. The van der Waals surface area contributed by atoms with E-state index in [4.69, 9.17) is 4.74 Å². The molecule has 0 unspecified atom stereocenters. The van der Waals surface area contributed by atoms with E-state index in [0.29, 0.717) is 5.04 Å². The molecule has 0 spiro atoms. The summed E-state index contributed by atoms with van der Waals surface area (Å²) in [4.78, 5) is 0. The summed E-state index contributed by atoms with van der Waals surface area (Å²) >= 11 is 3.65. The molecule has 22 heavy (non-hydrogen) atoms. The molecule has 1 aromatic carbocycles. The van der Waals surface area contributed by atoms with Crippen molar-refractivity contribution in [1.82, 2.24) is 0 Å². The average molecular weight is 383 g/mol. The van der Waals surface area contributed by atoms with Gasteiger partial charge in [-0.25, -0.2) is 0 Å². The molecular weight excluding hydrogens is 352 g/mol. The molecule has 0 radical (unpaired) electrons. The lowest BCUT2D eigenvalue weighted by Crippen LogP contribution is -2.29. The summed E-state index contributed by atoms with van der Waals surface area (Å²) in [6.07, 6.45) is 6.62. The van der Waals surface area contributed by atoms with Gasteiger partial charge >= 0.3 is 0 Å². The molecule has 0 atom stereocenters. The highest BCUT2D eigenvalue weighted by atomic mass is 79.9. The van der Waals surface area contributed by atoms with Crippen molar-refractivity contribution in [2.45, 2.75) is 76.4 Å². The zero-order chi connectivity index (χ0) is 16.4. The third-order valence-corrected chi connectivity index (χ3v) is 9.50. The lowest BCUT2D eigenvalue weighted by Gasteiger charge is -2.36. The van der Waals surface area contributed by atoms with Crippen LogP contribution in [0.4, 0.5) is 0 Å². The minimum atomic E-state index is -0.732. The Hall–Kier alpha value is -0.283. The maximum atomic E-state index is 6.35. The van der Waals surface area contributed by atoms with Crippen LogP contribution in [0.2, 0.25) is 18.1 Å². The first kappa shape index (κ1) is 18.1. The monoisotopic (exact) mass is 382 g/mol. The number of halogens is 1. The van der Waals surface area contributed by atoms with E-state index in [1.54, 1.807) is 0 Å². The standard InChI is InChI=1S/C19H31BrOSi/c1-18(2,22(4)5)14-21-17-10-9-15(20)13-16(17)19(3)11-7-6-8-12-19/h9-10,13,22H,6-8,11-12,14H2,1-5H3. The van der Waals surface area contributed by atoms with Gasteiger partial charge in [0.15, 0.2) is 0 Å². The Kier molecular flexibility index (Phi) is 5.82. The van der Waals surface area contributed by atoms with Gasteiger partial charge < -0.3 is 4.74 Å². The molecule has 1 aliphatic carbocycles. The van der Waals surface area contributed by atoms with Gasteiger partial charge in [0.2, 0.25) is 0 Å². The van der Waals surface area contributed by atoms with Crippen LogP contribution in [0.15, 0.2) is 22.7 Å². The minimum absolute atomic E-state index is 0.275. The highest BCUT2D eigenvalue weighted by Gasteiger charge is 2.32. The molecule has 0 amide bonds. The summed E-state index contributed by atoms with van der Waals surface area (Å²) in [5.74, 6) is 1.11. The van der Waals surface area contributed by atoms with Gasteiger partial charge in [-0.1, -0.05) is 69.1 Å². The van der Waals surface area contributed by atoms with Crippen LogP contribution in [-0.4, -0.2) is 15.4 Å². The van der Waals surface area contributed by atoms with Gasteiger partial charge in [-0.3, -0.25) is 0 Å². The Morgan fingerprint density at radius 3 is 2.41 bits per heavy atom. The predicted molar refractivity (Wildman–Crippen MR) is 103 cm³/mol. The van der Waals surface area contributed by atoms with E-state index in [1.165, 1.54) is 42.1 Å². The first-order valence-corrected chi connectivity index (χ1v) is 12.4. The first-order chi connectivity index (χ1) is 10.2. The zero-order valence-corrected chi connectivity index (χ0v) is 17.6. The third-order valence-electron chi connectivity index (χ3n) is 5.71. The van der Waals surface area contributed by atoms with Crippen LogP contribution >= 0.6 is 15.9 Å². The topological polar surface area (TPSA) is 9.23 Å². The summed E-state index contributed by atoms with van der Waals surface area (Å²) in [6, 6.07) is 6.57. The summed E-state index contributed by atoms with van der Waals surface area (Å²) in [6.45, 7) is 12.8. The lowest BCUT2D eigenvalue weighted by molar-refractivity contribution is 0.255. The second kappa shape index (κ2) is 7.08. The van der Waals surface area contributed by atoms with E-state index in [-0.39, 0.29) is 5.41 Å². The fraction of sp³-hybridized carbons (Fsp3) is 0.684. The maximum Gasteiger partial charge on any atom is 0.123 e. The summed E-state index contributed by atoms with van der Waals surface area (Å²) in [7, 11) is -0.732. The van der Waals surface area contributed by atoms with Crippen LogP contribution in [0.1, 0.15) is 58.4 Å². The summed E-state index contributed by atoms with van der Waals surface area (Å²) in [5, 5.41) is 0.331. The molecule has 1 fully saturated rings. The van der Waals surface area contributed by atoms with E-state index in [2.05, 4.69) is 68.0 Å². The van der Waals surface area contributed by atoms with Crippen LogP contribution in [-0.2, 0) is 5.41 Å². The molecule has 1 aromatic rings. The molecule has 0 heterocycles. The highest BCUT2D eigenvalue weighted by molar-refractivity contribution is 9.10. The third kappa shape index (κ3) is 4.17. The van der Waals surface area contributed by atoms with Gasteiger partial charge in [0.1, 0.15) is 5.75 Å². The predicted octanol–water partition coefficient (Wildman–Crippen LogP) is 6.32. The molecule has 0 aromatic heterocycles. The average Bonchev–Trinajstić information content (AvgIpc) is 2.46. The Balaban J connectivity index is 2.24. The second-order valence-electron chi connectivity index (χ2n) is 8.19. The van der Waals surface area contributed by atoms with Gasteiger partial charge in [-0.05, 0) is 41.5 Å². The molecule has 1 aliphatic rings.